The van der Waals surface area contributed by atoms with Crippen molar-refractivity contribution < 1.29 is 4.74 Å². The van der Waals surface area contributed by atoms with Gasteiger partial charge in [0.2, 0.25) is 5.88 Å². The second-order valence-electron chi connectivity index (χ2n) is 4.96. The maximum Gasteiger partial charge on any atom is 0.240 e. The van der Waals surface area contributed by atoms with Crippen LogP contribution < -0.4 is 10.1 Å². The third-order valence-corrected chi connectivity index (χ3v) is 3.40. The van der Waals surface area contributed by atoms with Gasteiger partial charge in [-0.3, -0.25) is 4.98 Å². The number of piperidine rings is 1. The molecule has 0 radical (unpaired) electrons. The molecule has 3 heterocycles. The van der Waals surface area contributed by atoms with Crippen LogP contribution in [0.5, 0.6) is 5.88 Å². The van der Waals surface area contributed by atoms with E-state index in [0.717, 1.165) is 42.9 Å². The monoisotopic (exact) mass is 270 g/mol. The van der Waals surface area contributed by atoms with Gasteiger partial charge in [-0.25, -0.2) is 9.97 Å². The molecule has 0 unspecified atom stereocenters. The second kappa shape index (κ2) is 5.96. The van der Waals surface area contributed by atoms with Crippen molar-refractivity contribution in [1.82, 2.24) is 20.3 Å². The Morgan fingerprint density at radius 1 is 1.10 bits per heavy atom. The van der Waals surface area contributed by atoms with E-state index in [-0.39, 0.29) is 6.10 Å². The Labute approximate surface area is 118 Å². The minimum atomic E-state index is 0.217. The number of rotatable bonds is 3. The Balaban J connectivity index is 1.87. The number of hydrogen-bond acceptors (Lipinski definition) is 5. The molecule has 5 nitrogen and oxygen atoms in total. The van der Waals surface area contributed by atoms with Crippen LogP contribution in [0.3, 0.4) is 0 Å². The molecule has 5 heteroatoms. The first-order chi connectivity index (χ1) is 9.83. The lowest BCUT2D eigenvalue weighted by atomic mass is 10.1. The van der Waals surface area contributed by atoms with E-state index in [1.165, 1.54) is 0 Å². The number of pyridine rings is 1. The number of aromatic nitrogens is 3. The molecule has 2 aromatic heterocycles. The van der Waals surface area contributed by atoms with E-state index in [9.17, 15) is 0 Å². The maximum atomic E-state index is 6.05. The molecular formula is C15H18N4O. The van der Waals surface area contributed by atoms with Crippen LogP contribution in [-0.2, 0) is 0 Å². The molecule has 20 heavy (non-hydrogen) atoms. The standard InChI is InChI=1S/C15H18N4O/c1-11-10-12(2-7-17-11)14-15(19-9-8-18-14)20-13-3-5-16-6-4-13/h2,7-10,13,16H,3-6H2,1H3. The lowest BCUT2D eigenvalue weighted by molar-refractivity contribution is 0.156. The Hall–Kier alpha value is -2.01. The van der Waals surface area contributed by atoms with Crippen LogP contribution in [0.25, 0.3) is 11.3 Å². The van der Waals surface area contributed by atoms with Crippen LogP contribution in [-0.4, -0.2) is 34.1 Å². The van der Waals surface area contributed by atoms with Crippen molar-refractivity contribution in [2.24, 2.45) is 0 Å². The molecule has 1 aliphatic rings. The average molecular weight is 270 g/mol. The van der Waals surface area contributed by atoms with Crippen molar-refractivity contribution in [2.75, 3.05) is 13.1 Å². The summed E-state index contributed by atoms with van der Waals surface area (Å²) in [4.78, 5) is 13.0. The predicted octanol–water partition coefficient (Wildman–Crippen LogP) is 1.98. The first kappa shape index (κ1) is 13.0. The van der Waals surface area contributed by atoms with Gasteiger partial charge in [0, 0.05) is 29.8 Å². The number of nitrogens with one attached hydrogen (secondary N) is 1. The van der Waals surface area contributed by atoms with Crippen LogP contribution in [0, 0.1) is 6.92 Å². The van der Waals surface area contributed by atoms with E-state index in [1.807, 2.05) is 19.1 Å². The summed E-state index contributed by atoms with van der Waals surface area (Å²) in [7, 11) is 0. The summed E-state index contributed by atoms with van der Waals surface area (Å²) in [5.74, 6) is 0.616. The molecule has 0 atom stereocenters. The van der Waals surface area contributed by atoms with E-state index in [1.54, 1.807) is 18.6 Å². The second-order valence-corrected chi connectivity index (χ2v) is 4.96. The highest BCUT2D eigenvalue weighted by Gasteiger charge is 2.18. The summed E-state index contributed by atoms with van der Waals surface area (Å²) in [6.07, 6.45) is 7.38. The minimum Gasteiger partial charge on any atom is -0.473 e. The molecular weight excluding hydrogens is 252 g/mol. The molecule has 0 bridgehead atoms. The first-order valence-corrected chi connectivity index (χ1v) is 6.94. The lowest BCUT2D eigenvalue weighted by Gasteiger charge is -2.23. The summed E-state index contributed by atoms with van der Waals surface area (Å²) < 4.78 is 6.05. The highest BCUT2D eigenvalue weighted by Crippen LogP contribution is 2.27. The summed E-state index contributed by atoms with van der Waals surface area (Å²) >= 11 is 0. The van der Waals surface area contributed by atoms with E-state index < -0.39 is 0 Å². The first-order valence-electron chi connectivity index (χ1n) is 6.94. The van der Waals surface area contributed by atoms with Gasteiger partial charge in [0.15, 0.2) is 0 Å². The summed E-state index contributed by atoms with van der Waals surface area (Å²) in [6.45, 7) is 3.95. The fourth-order valence-corrected chi connectivity index (χ4v) is 2.37. The van der Waals surface area contributed by atoms with Gasteiger partial charge in [-0.2, -0.15) is 0 Å². The van der Waals surface area contributed by atoms with Crippen molar-refractivity contribution in [2.45, 2.75) is 25.9 Å². The molecule has 0 spiro atoms. The molecule has 0 amide bonds. The van der Waals surface area contributed by atoms with Crippen molar-refractivity contribution in [3.05, 3.63) is 36.4 Å². The van der Waals surface area contributed by atoms with Gasteiger partial charge in [-0.05, 0) is 45.0 Å². The number of aryl methyl sites for hydroxylation is 1. The van der Waals surface area contributed by atoms with Crippen molar-refractivity contribution in [3.63, 3.8) is 0 Å². The normalized spacial score (nSPS) is 16.1. The Morgan fingerprint density at radius 2 is 1.90 bits per heavy atom. The smallest absolute Gasteiger partial charge is 0.240 e. The van der Waals surface area contributed by atoms with Crippen molar-refractivity contribution >= 4 is 0 Å². The fraction of sp³-hybridized carbons (Fsp3) is 0.400. The summed E-state index contributed by atoms with van der Waals surface area (Å²) in [5, 5.41) is 3.33. The SMILES string of the molecule is Cc1cc(-c2nccnc2OC2CCNCC2)ccn1. The van der Waals surface area contributed by atoms with Crippen LogP contribution in [0.1, 0.15) is 18.5 Å². The Morgan fingerprint density at radius 3 is 2.70 bits per heavy atom. The largest absolute Gasteiger partial charge is 0.473 e. The molecule has 104 valence electrons. The number of hydrogen-bond donors (Lipinski definition) is 1. The Kier molecular flexibility index (Phi) is 3.87. The molecule has 0 aliphatic carbocycles. The summed E-state index contributed by atoms with van der Waals surface area (Å²) in [6, 6.07) is 3.94. The van der Waals surface area contributed by atoms with E-state index in [4.69, 9.17) is 4.74 Å². The van der Waals surface area contributed by atoms with Gasteiger partial charge in [0.05, 0.1) is 0 Å². The highest BCUT2D eigenvalue weighted by molar-refractivity contribution is 5.63. The molecule has 1 aliphatic heterocycles. The van der Waals surface area contributed by atoms with Gasteiger partial charge in [0.1, 0.15) is 11.8 Å². The number of nitrogens with zero attached hydrogens (tertiary/aromatic N) is 3. The Bertz CT molecular complexity index is 582. The summed E-state index contributed by atoms with van der Waals surface area (Å²) in [5.41, 5.74) is 2.74. The topological polar surface area (TPSA) is 59.9 Å². The molecule has 2 aromatic rings. The van der Waals surface area contributed by atoms with E-state index >= 15 is 0 Å². The molecule has 1 N–H and O–H groups in total. The van der Waals surface area contributed by atoms with Crippen LogP contribution in [0.15, 0.2) is 30.7 Å². The van der Waals surface area contributed by atoms with E-state index in [2.05, 4.69) is 20.3 Å². The van der Waals surface area contributed by atoms with Crippen LogP contribution in [0.2, 0.25) is 0 Å². The zero-order valence-electron chi connectivity index (χ0n) is 11.5. The molecule has 1 fully saturated rings. The number of ether oxygens (including phenoxy) is 1. The van der Waals surface area contributed by atoms with Gasteiger partial charge < -0.3 is 10.1 Å². The zero-order chi connectivity index (χ0) is 13.8. The molecule has 3 rings (SSSR count). The highest BCUT2D eigenvalue weighted by atomic mass is 16.5. The zero-order valence-corrected chi connectivity index (χ0v) is 11.5. The third kappa shape index (κ3) is 2.93. The van der Waals surface area contributed by atoms with Crippen LogP contribution in [0.4, 0.5) is 0 Å². The third-order valence-electron chi connectivity index (χ3n) is 3.40. The van der Waals surface area contributed by atoms with Crippen LogP contribution >= 0.6 is 0 Å². The van der Waals surface area contributed by atoms with Gasteiger partial charge in [-0.15, -0.1) is 0 Å². The van der Waals surface area contributed by atoms with Gasteiger partial charge in [-0.1, -0.05) is 0 Å². The molecule has 0 aromatic carbocycles. The minimum absolute atomic E-state index is 0.217. The average Bonchev–Trinajstić information content (AvgIpc) is 2.49. The fourth-order valence-electron chi connectivity index (χ4n) is 2.37. The molecule has 1 saturated heterocycles. The molecule has 0 saturated carbocycles. The maximum absolute atomic E-state index is 6.05. The van der Waals surface area contributed by atoms with Crippen molar-refractivity contribution in [3.8, 4) is 17.1 Å². The van der Waals surface area contributed by atoms with Crippen molar-refractivity contribution in [1.29, 1.82) is 0 Å². The predicted molar refractivity (Wildman–Crippen MR) is 76.5 cm³/mol. The van der Waals surface area contributed by atoms with E-state index in [0.29, 0.717) is 5.88 Å². The van der Waals surface area contributed by atoms with Gasteiger partial charge in [0.25, 0.3) is 0 Å². The lowest BCUT2D eigenvalue weighted by Crippen LogP contribution is -2.34. The quantitative estimate of drug-likeness (QED) is 0.924. The van der Waals surface area contributed by atoms with Gasteiger partial charge >= 0.3 is 0 Å².